The lowest BCUT2D eigenvalue weighted by molar-refractivity contribution is -0.292. The summed E-state index contributed by atoms with van der Waals surface area (Å²) in [6.45, 7) is 1.76. The van der Waals surface area contributed by atoms with Gasteiger partial charge in [-0.3, -0.25) is 0 Å². The molecule has 0 N–H and O–H groups in total. The molecule has 3 nitrogen and oxygen atoms in total. The normalized spacial score (nSPS) is 13.7. The van der Waals surface area contributed by atoms with Crippen LogP contribution in [0.1, 0.15) is 44.0 Å². The van der Waals surface area contributed by atoms with Crippen LogP contribution in [0.2, 0.25) is 0 Å². The summed E-state index contributed by atoms with van der Waals surface area (Å²) in [6, 6.07) is 0. The molecule has 1 aromatic heterocycles. The van der Waals surface area contributed by atoms with E-state index in [9.17, 15) is 22.0 Å². The van der Waals surface area contributed by atoms with Crippen molar-refractivity contribution in [3.63, 3.8) is 0 Å². The Bertz CT molecular complexity index is 496. The number of hydrogen-bond acceptors (Lipinski definition) is 2. The number of aryl methyl sites for hydroxylation is 1. The van der Waals surface area contributed by atoms with Crippen molar-refractivity contribution in [1.29, 1.82) is 0 Å². The van der Waals surface area contributed by atoms with Crippen molar-refractivity contribution in [3.8, 4) is 0 Å². The van der Waals surface area contributed by atoms with Crippen molar-refractivity contribution in [3.05, 3.63) is 11.4 Å². The summed E-state index contributed by atoms with van der Waals surface area (Å²) in [6.07, 6.45) is -3.15. The van der Waals surface area contributed by atoms with E-state index in [4.69, 9.17) is 34.8 Å². The summed E-state index contributed by atoms with van der Waals surface area (Å²) in [5.74, 6) is -5.22. The molecule has 0 atom stereocenters. The van der Waals surface area contributed by atoms with E-state index in [0.717, 1.165) is 12.8 Å². The van der Waals surface area contributed by atoms with Crippen LogP contribution < -0.4 is 0 Å². The molecule has 0 saturated carbocycles. The molecule has 0 aliphatic rings. The molecule has 0 bridgehead atoms. The second kappa shape index (κ2) is 7.05. The van der Waals surface area contributed by atoms with Crippen LogP contribution in [0.15, 0.2) is 0 Å². The van der Waals surface area contributed by atoms with Gasteiger partial charge in [-0.2, -0.15) is 22.0 Å². The second-order valence-electron chi connectivity index (χ2n) is 4.64. The van der Waals surface area contributed by atoms with Crippen LogP contribution in [0.4, 0.5) is 22.0 Å². The third kappa shape index (κ3) is 4.35. The van der Waals surface area contributed by atoms with Crippen molar-refractivity contribution < 1.29 is 22.0 Å². The molecule has 1 heterocycles. The predicted octanol–water partition coefficient (Wildman–Crippen LogP) is 5.34. The van der Waals surface area contributed by atoms with Crippen LogP contribution in [0.3, 0.4) is 0 Å². The number of rotatable bonds is 6. The Balaban J connectivity index is 3.22. The smallest absolute Gasteiger partial charge is 0.242 e. The third-order valence-electron chi connectivity index (χ3n) is 2.88. The minimum absolute atomic E-state index is 0.172. The fourth-order valence-corrected chi connectivity index (χ4v) is 2.18. The highest BCUT2D eigenvalue weighted by molar-refractivity contribution is 6.66. The first kappa shape index (κ1) is 19.7. The molecule has 0 amide bonds. The fraction of sp³-hybridized carbons (Fsp3) is 0.818. The van der Waals surface area contributed by atoms with Crippen molar-refractivity contribution in [2.45, 2.75) is 55.0 Å². The van der Waals surface area contributed by atoms with Crippen LogP contribution in [-0.2, 0) is 16.3 Å². The standard InChI is InChI=1S/C11H13Cl3F5N3/c1-2-3-4-5-6-22-8(9(15,16)11(17,18)19)7(20-21-22)10(12,13)14/h2-6H2,1H3. The molecule has 11 heteroatoms. The molecule has 1 rings (SSSR count). The molecule has 0 spiro atoms. The number of nitrogens with zero attached hydrogens (tertiary/aromatic N) is 3. The van der Waals surface area contributed by atoms with Gasteiger partial charge in [-0.1, -0.05) is 66.2 Å². The first-order valence-electron chi connectivity index (χ1n) is 6.38. The van der Waals surface area contributed by atoms with Gasteiger partial charge in [0.15, 0.2) is 0 Å². The van der Waals surface area contributed by atoms with Crippen molar-refractivity contribution in [2.24, 2.45) is 0 Å². The molecule has 22 heavy (non-hydrogen) atoms. The molecule has 0 saturated heterocycles. The maximum atomic E-state index is 13.7. The lowest BCUT2D eigenvalue weighted by atomic mass is 10.1. The molecular formula is C11H13Cl3F5N3. The average Bonchev–Trinajstić information content (AvgIpc) is 2.77. The number of aromatic nitrogens is 3. The monoisotopic (exact) mass is 387 g/mol. The van der Waals surface area contributed by atoms with Crippen LogP contribution in [0.5, 0.6) is 0 Å². The maximum Gasteiger partial charge on any atom is 0.459 e. The zero-order valence-electron chi connectivity index (χ0n) is 11.4. The molecule has 0 aliphatic heterocycles. The highest BCUT2D eigenvalue weighted by atomic mass is 35.6. The van der Waals surface area contributed by atoms with E-state index in [0.29, 0.717) is 17.5 Å². The summed E-state index contributed by atoms with van der Waals surface area (Å²) in [5, 5.41) is 6.50. The minimum Gasteiger partial charge on any atom is -0.242 e. The molecule has 0 unspecified atom stereocenters. The summed E-state index contributed by atoms with van der Waals surface area (Å²) in [4.78, 5) is 0. The Morgan fingerprint density at radius 3 is 2.05 bits per heavy atom. The topological polar surface area (TPSA) is 30.7 Å². The lowest BCUT2D eigenvalue weighted by Crippen LogP contribution is -2.37. The zero-order chi connectivity index (χ0) is 17.2. The van der Waals surface area contributed by atoms with Gasteiger partial charge in [-0.05, 0) is 6.42 Å². The SMILES string of the molecule is CCCCCCn1nnc(C(Cl)(Cl)Cl)c1C(F)(F)C(F)(F)F. The maximum absolute atomic E-state index is 13.7. The molecular weight excluding hydrogens is 375 g/mol. The van der Waals surface area contributed by atoms with E-state index in [1.54, 1.807) is 0 Å². The van der Waals surface area contributed by atoms with E-state index >= 15 is 0 Å². The molecule has 0 aliphatic carbocycles. The van der Waals surface area contributed by atoms with Crippen molar-refractivity contribution in [2.75, 3.05) is 0 Å². The Kier molecular flexibility index (Phi) is 6.31. The highest BCUT2D eigenvalue weighted by Gasteiger charge is 2.63. The molecule has 0 aromatic carbocycles. The van der Waals surface area contributed by atoms with Gasteiger partial charge in [0.25, 0.3) is 0 Å². The summed E-state index contributed by atoms with van der Waals surface area (Å²) < 4.78 is 63.3. The highest BCUT2D eigenvalue weighted by Crippen LogP contribution is 2.49. The van der Waals surface area contributed by atoms with Gasteiger partial charge in [-0.25, -0.2) is 4.68 Å². The van der Waals surface area contributed by atoms with E-state index < -0.39 is 27.3 Å². The average molecular weight is 389 g/mol. The van der Waals surface area contributed by atoms with Gasteiger partial charge >= 0.3 is 12.1 Å². The number of hydrogen-bond donors (Lipinski definition) is 0. The van der Waals surface area contributed by atoms with Gasteiger partial charge in [0, 0.05) is 6.54 Å². The van der Waals surface area contributed by atoms with Gasteiger partial charge in [-0.15, -0.1) is 5.10 Å². The largest absolute Gasteiger partial charge is 0.459 e. The number of unbranched alkanes of at least 4 members (excludes halogenated alkanes) is 3. The first-order valence-corrected chi connectivity index (χ1v) is 7.52. The van der Waals surface area contributed by atoms with Gasteiger partial charge in [0.05, 0.1) is 0 Å². The zero-order valence-corrected chi connectivity index (χ0v) is 13.7. The summed E-state index contributed by atoms with van der Waals surface area (Å²) in [7, 11) is 0. The molecule has 0 radical (unpaired) electrons. The van der Waals surface area contributed by atoms with Crippen LogP contribution in [0.25, 0.3) is 0 Å². The minimum atomic E-state index is -5.85. The number of alkyl halides is 8. The Morgan fingerprint density at radius 2 is 1.59 bits per heavy atom. The van der Waals surface area contributed by atoms with E-state index in [2.05, 4.69) is 10.3 Å². The first-order chi connectivity index (χ1) is 9.93. The summed E-state index contributed by atoms with van der Waals surface area (Å²) in [5.41, 5.74) is -2.55. The van der Waals surface area contributed by atoms with Gasteiger partial charge in [0.2, 0.25) is 3.79 Å². The molecule has 1 aromatic rings. The van der Waals surface area contributed by atoms with Gasteiger partial charge in [0.1, 0.15) is 11.4 Å². The van der Waals surface area contributed by atoms with Gasteiger partial charge < -0.3 is 0 Å². The predicted molar refractivity (Wildman–Crippen MR) is 73.4 cm³/mol. The van der Waals surface area contributed by atoms with E-state index in [-0.39, 0.29) is 6.54 Å². The Morgan fingerprint density at radius 1 is 1.00 bits per heavy atom. The van der Waals surface area contributed by atoms with Crippen LogP contribution in [-0.4, -0.2) is 21.2 Å². The summed E-state index contributed by atoms with van der Waals surface area (Å²) >= 11 is 16.3. The van der Waals surface area contributed by atoms with Crippen LogP contribution >= 0.6 is 34.8 Å². The van der Waals surface area contributed by atoms with Crippen molar-refractivity contribution >= 4 is 34.8 Å². The third-order valence-corrected chi connectivity index (χ3v) is 3.42. The molecule has 128 valence electrons. The van der Waals surface area contributed by atoms with E-state index in [1.165, 1.54) is 0 Å². The lowest BCUT2D eigenvalue weighted by Gasteiger charge is -2.22. The van der Waals surface area contributed by atoms with Crippen LogP contribution in [0, 0.1) is 0 Å². The second-order valence-corrected chi connectivity index (χ2v) is 6.92. The Labute approximate surface area is 138 Å². The van der Waals surface area contributed by atoms with E-state index in [1.807, 2.05) is 6.92 Å². The number of halogens is 8. The Hall–Kier alpha value is -0.340. The molecule has 0 fully saturated rings. The quantitative estimate of drug-likeness (QED) is 0.374. The van der Waals surface area contributed by atoms with Crippen molar-refractivity contribution in [1.82, 2.24) is 15.0 Å². The fourth-order valence-electron chi connectivity index (χ4n) is 1.79.